The van der Waals surface area contributed by atoms with Crippen molar-refractivity contribution in [1.82, 2.24) is 0 Å². The lowest BCUT2D eigenvalue weighted by atomic mass is 9.87. The Hall–Kier alpha value is -2.33. The van der Waals surface area contributed by atoms with Crippen LogP contribution in [0, 0.1) is 13.8 Å². The quantitative estimate of drug-likeness (QED) is 0.233. The number of hydrogen-bond donors (Lipinski definition) is 2. The van der Waals surface area contributed by atoms with Crippen molar-refractivity contribution >= 4 is 11.8 Å². The SMILES string of the molecule is Cc1cc(C)cc(C[NH2+]CCCCCCCCCCCCOC(=O)Nc2ccc(C(C)(C)C)cc2)c1. The monoisotopic (exact) mass is 495 g/mol. The molecule has 0 bridgehead atoms. The highest BCUT2D eigenvalue weighted by Gasteiger charge is 2.13. The van der Waals surface area contributed by atoms with Crippen LogP contribution in [0.15, 0.2) is 42.5 Å². The van der Waals surface area contributed by atoms with Crippen LogP contribution in [-0.4, -0.2) is 19.2 Å². The summed E-state index contributed by atoms with van der Waals surface area (Å²) in [6.07, 6.45) is 12.3. The Labute approximate surface area is 220 Å². The first-order valence-electron chi connectivity index (χ1n) is 14.2. The zero-order valence-corrected chi connectivity index (χ0v) is 23.6. The first-order valence-corrected chi connectivity index (χ1v) is 14.2. The number of ether oxygens (including phenoxy) is 1. The number of unbranched alkanes of at least 4 members (excludes halogenated alkanes) is 9. The Balaban J connectivity index is 1.35. The van der Waals surface area contributed by atoms with Gasteiger partial charge in [0.25, 0.3) is 0 Å². The Morgan fingerprint density at radius 3 is 1.86 bits per heavy atom. The summed E-state index contributed by atoms with van der Waals surface area (Å²) in [6, 6.07) is 14.9. The molecule has 36 heavy (non-hydrogen) atoms. The molecule has 0 heterocycles. The van der Waals surface area contributed by atoms with E-state index in [9.17, 15) is 4.79 Å². The zero-order chi connectivity index (χ0) is 26.2. The Morgan fingerprint density at radius 1 is 0.778 bits per heavy atom. The molecule has 0 unspecified atom stereocenters. The second-order valence-corrected chi connectivity index (χ2v) is 11.4. The van der Waals surface area contributed by atoms with Gasteiger partial charge in [-0.3, -0.25) is 5.32 Å². The fourth-order valence-electron chi connectivity index (χ4n) is 4.63. The number of carbonyl (C=O) groups is 1. The molecule has 4 nitrogen and oxygen atoms in total. The first kappa shape index (κ1) is 29.9. The maximum atomic E-state index is 12.0. The summed E-state index contributed by atoms with van der Waals surface area (Å²) in [5, 5.41) is 5.27. The molecule has 0 saturated carbocycles. The number of benzene rings is 2. The number of amides is 1. The molecule has 1 amide bonds. The Kier molecular flexibility index (Phi) is 13.6. The summed E-state index contributed by atoms with van der Waals surface area (Å²) in [5.74, 6) is 0. The predicted octanol–water partition coefficient (Wildman–Crippen LogP) is 7.81. The minimum atomic E-state index is -0.360. The van der Waals surface area contributed by atoms with E-state index in [0.29, 0.717) is 6.61 Å². The van der Waals surface area contributed by atoms with Gasteiger partial charge in [0.15, 0.2) is 0 Å². The molecule has 0 radical (unpaired) electrons. The number of carbonyl (C=O) groups excluding carboxylic acids is 1. The lowest BCUT2D eigenvalue weighted by Gasteiger charge is -2.19. The molecule has 0 aliphatic heterocycles. The van der Waals surface area contributed by atoms with Crippen LogP contribution in [0.5, 0.6) is 0 Å². The molecular formula is C32H51N2O2+. The van der Waals surface area contributed by atoms with Crippen LogP contribution in [0.3, 0.4) is 0 Å². The smallest absolute Gasteiger partial charge is 0.411 e. The van der Waals surface area contributed by atoms with Gasteiger partial charge in [0.2, 0.25) is 0 Å². The van der Waals surface area contributed by atoms with Crippen LogP contribution in [0.4, 0.5) is 10.5 Å². The highest BCUT2D eigenvalue weighted by atomic mass is 16.5. The third-order valence-corrected chi connectivity index (χ3v) is 6.69. The van der Waals surface area contributed by atoms with Gasteiger partial charge in [-0.25, -0.2) is 4.79 Å². The molecule has 2 rings (SSSR count). The van der Waals surface area contributed by atoms with Crippen molar-refractivity contribution < 1.29 is 14.8 Å². The van der Waals surface area contributed by atoms with Crippen LogP contribution >= 0.6 is 0 Å². The predicted molar refractivity (Wildman–Crippen MR) is 153 cm³/mol. The molecule has 3 N–H and O–H groups in total. The third kappa shape index (κ3) is 13.1. The van der Waals surface area contributed by atoms with Crippen LogP contribution in [0.1, 0.15) is 107 Å². The summed E-state index contributed by atoms with van der Waals surface area (Å²) in [6.45, 7) is 13.7. The maximum absolute atomic E-state index is 12.0. The molecule has 0 spiro atoms. The molecule has 4 heteroatoms. The lowest BCUT2D eigenvalue weighted by Crippen LogP contribution is -2.82. The van der Waals surface area contributed by atoms with Gasteiger partial charge in [-0.05, 0) is 56.2 Å². The number of nitrogens with two attached hydrogens (primary N) is 1. The average molecular weight is 496 g/mol. The molecule has 200 valence electrons. The van der Waals surface area contributed by atoms with E-state index in [0.717, 1.165) is 25.1 Å². The highest BCUT2D eigenvalue weighted by Crippen LogP contribution is 2.23. The van der Waals surface area contributed by atoms with Crippen LogP contribution in [-0.2, 0) is 16.7 Å². The van der Waals surface area contributed by atoms with Crippen molar-refractivity contribution in [2.24, 2.45) is 0 Å². The van der Waals surface area contributed by atoms with Gasteiger partial charge in [0.05, 0.1) is 13.2 Å². The van der Waals surface area contributed by atoms with Gasteiger partial charge < -0.3 is 10.1 Å². The van der Waals surface area contributed by atoms with E-state index < -0.39 is 0 Å². The van der Waals surface area contributed by atoms with E-state index in [1.54, 1.807) is 0 Å². The highest BCUT2D eigenvalue weighted by molar-refractivity contribution is 5.84. The number of rotatable bonds is 16. The van der Waals surface area contributed by atoms with Crippen LogP contribution in [0.25, 0.3) is 0 Å². The largest absolute Gasteiger partial charge is 0.449 e. The van der Waals surface area contributed by atoms with Gasteiger partial charge in [0.1, 0.15) is 6.54 Å². The van der Waals surface area contributed by atoms with E-state index in [4.69, 9.17) is 4.74 Å². The fourth-order valence-corrected chi connectivity index (χ4v) is 4.63. The molecule has 0 saturated heterocycles. The number of quaternary nitrogens is 1. The normalized spacial score (nSPS) is 11.5. The summed E-state index contributed by atoms with van der Waals surface area (Å²) in [4.78, 5) is 12.0. The molecule has 0 aliphatic rings. The summed E-state index contributed by atoms with van der Waals surface area (Å²) >= 11 is 0. The number of nitrogens with one attached hydrogen (secondary N) is 1. The van der Waals surface area contributed by atoms with Gasteiger partial charge in [-0.2, -0.15) is 0 Å². The minimum Gasteiger partial charge on any atom is -0.449 e. The molecule has 2 aromatic carbocycles. The minimum absolute atomic E-state index is 0.111. The summed E-state index contributed by atoms with van der Waals surface area (Å²) in [7, 11) is 0. The number of aryl methyl sites for hydroxylation is 2. The second kappa shape index (κ2) is 16.4. The fraction of sp³-hybridized carbons (Fsp3) is 0.594. The Morgan fingerprint density at radius 2 is 1.31 bits per heavy atom. The topological polar surface area (TPSA) is 54.9 Å². The van der Waals surface area contributed by atoms with Crippen molar-refractivity contribution in [3.8, 4) is 0 Å². The van der Waals surface area contributed by atoms with Crippen molar-refractivity contribution in [3.05, 3.63) is 64.7 Å². The van der Waals surface area contributed by atoms with Crippen LogP contribution < -0.4 is 10.6 Å². The molecule has 0 fully saturated rings. The molecule has 0 atom stereocenters. The van der Waals surface area contributed by atoms with Gasteiger partial charge in [0, 0.05) is 11.3 Å². The van der Waals surface area contributed by atoms with Gasteiger partial charge in [-0.15, -0.1) is 0 Å². The first-order chi connectivity index (χ1) is 17.2. The van der Waals surface area contributed by atoms with Crippen molar-refractivity contribution in [2.45, 2.75) is 111 Å². The number of anilines is 1. The van der Waals surface area contributed by atoms with E-state index >= 15 is 0 Å². The van der Waals surface area contributed by atoms with Crippen molar-refractivity contribution in [2.75, 3.05) is 18.5 Å². The number of hydrogen-bond acceptors (Lipinski definition) is 2. The average Bonchev–Trinajstić information content (AvgIpc) is 2.80. The van der Waals surface area contributed by atoms with E-state index in [1.807, 2.05) is 12.1 Å². The van der Waals surface area contributed by atoms with E-state index in [2.05, 4.69) is 75.6 Å². The van der Waals surface area contributed by atoms with Crippen molar-refractivity contribution in [3.63, 3.8) is 0 Å². The molecule has 0 aliphatic carbocycles. The zero-order valence-electron chi connectivity index (χ0n) is 23.6. The summed E-state index contributed by atoms with van der Waals surface area (Å²) in [5.41, 5.74) is 6.33. The molecule has 0 aromatic heterocycles. The van der Waals surface area contributed by atoms with Crippen LogP contribution in [0.2, 0.25) is 0 Å². The van der Waals surface area contributed by atoms with Gasteiger partial charge >= 0.3 is 6.09 Å². The van der Waals surface area contributed by atoms with E-state index in [1.165, 1.54) is 80.2 Å². The molecule has 2 aromatic rings. The second-order valence-electron chi connectivity index (χ2n) is 11.4. The van der Waals surface area contributed by atoms with Gasteiger partial charge in [-0.1, -0.05) is 107 Å². The third-order valence-electron chi connectivity index (χ3n) is 6.69. The maximum Gasteiger partial charge on any atom is 0.411 e. The Bertz CT molecular complexity index is 864. The lowest BCUT2D eigenvalue weighted by molar-refractivity contribution is -0.671. The van der Waals surface area contributed by atoms with Crippen molar-refractivity contribution in [1.29, 1.82) is 0 Å². The van der Waals surface area contributed by atoms with E-state index in [-0.39, 0.29) is 11.5 Å². The standard InChI is InChI=1S/C32H50N2O2/c1-26-22-27(2)24-28(23-26)25-33-20-14-12-10-8-6-7-9-11-13-15-21-36-31(35)34-30-18-16-29(17-19-30)32(3,4)5/h16-19,22-24,33H,6-15,20-21,25H2,1-5H3,(H,34,35)/p+1. The summed E-state index contributed by atoms with van der Waals surface area (Å²) < 4.78 is 5.33. The molecular weight excluding hydrogens is 444 g/mol.